The largest absolute Gasteiger partial charge is 0.361 e. The summed E-state index contributed by atoms with van der Waals surface area (Å²) in [7, 11) is -0.839. The number of fused-ring (bicyclic) bond motifs is 1. The third kappa shape index (κ3) is 3.44. The van der Waals surface area contributed by atoms with Crippen LogP contribution in [0.2, 0.25) is 0 Å². The van der Waals surface area contributed by atoms with E-state index >= 15 is 0 Å². The van der Waals surface area contributed by atoms with E-state index in [1.54, 1.807) is 6.26 Å². The Labute approximate surface area is 115 Å². The molecule has 0 aliphatic carbocycles. The highest BCUT2D eigenvalue weighted by molar-refractivity contribution is 7.84. The lowest BCUT2D eigenvalue weighted by Gasteiger charge is -2.09. The highest BCUT2D eigenvalue weighted by Crippen LogP contribution is 2.14. The van der Waals surface area contributed by atoms with Crippen LogP contribution in [0.1, 0.15) is 23.7 Å². The number of amides is 1. The molecule has 0 aliphatic heterocycles. The van der Waals surface area contributed by atoms with Crippen molar-refractivity contribution in [3.8, 4) is 0 Å². The number of benzene rings is 1. The molecular weight excluding hydrogens is 260 g/mol. The van der Waals surface area contributed by atoms with Crippen LogP contribution < -0.4 is 5.32 Å². The second-order valence-corrected chi connectivity index (χ2v) is 6.44. The van der Waals surface area contributed by atoms with Crippen LogP contribution >= 0.6 is 0 Å². The van der Waals surface area contributed by atoms with Gasteiger partial charge >= 0.3 is 0 Å². The predicted octanol–water partition coefficient (Wildman–Crippen LogP) is 2.05. The maximum absolute atomic E-state index is 12.0. The number of nitrogens with one attached hydrogen (secondary N) is 2. The van der Waals surface area contributed by atoms with E-state index in [1.165, 1.54) is 0 Å². The van der Waals surface area contributed by atoms with Gasteiger partial charge in [-0.05, 0) is 30.0 Å². The van der Waals surface area contributed by atoms with Crippen molar-refractivity contribution in [3.05, 3.63) is 36.0 Å². The lowest BCUT2D eigenvalue weighted by atomic mass is 10.1. The molecule has 2 rings (SSSR count). The van der Waals surface area contributed by atoms with Crippen molar-refractivity contribution >= 4 is 27.6 Å². The summed E-state index contributed by atoms with van der Waals surface area (Å²) < 4.78 is 11.2. The Morgan fingerprint density at radius 3 is 2.95 bits per heavy atom. The first kappa shape index (κ1) is 13.8. The van der Waals surface area contributed by atoms with E-state index in [0.29, 0.717) is 12.1 Å². The van der Waals surface area contributed by atoms with Crippen molar-refractivity contribution in [2.24, 2.45) is 0 Å². The monoisotopic (exact) mass is 278 g/mol. The summed E-state index contributed by atoms with van der Waals surface area (Å²) in [5, 5.41) is 4.05. The molecule has 1 heterocycles. The molecule has 4 nitrogen and oxygen atoms in total. The topological polar surface area (TPSA) is 62.0 Å². The minimum absolute atomic E-state index is 0.0921. The smallest absolute Gasteiger partial charge is 0.251 e. The summed E-state index contributed by atoms with van der Waals surface area (Å²) in [4.78, 5) is 15.0. The third-order valence-electron chi connectivity index (χ3n) is 3.22. The highest BCUT2D eigenvalue weighted by Gasteiger charge is 2.09. The number of rotatable bonds is 5. The van der Waals surface area contributed by atoms with Gasteiger partial charge in [-0.3, -0.25) is 9.00 Å². The van der Waals surface area contributed by atoms with E-state index in [9.17, 15) is 9.00 Å². The first-order valence-corrected chi connectivity index (χ1v) is 7.87. The normalized spacial score (nSPS) is 14.2. The molecule has 1 aromatic carbocycles. The first-order valence-electron chi connectivity index (χ1n) is 6.25. The second-order valence-electron chi connectivity index (χ2n) is 4.63. The molecule has 2 unspecified atom stereocenters. The number of hydrogen-bond acceptors (Lipinski definition) is 2. The molecule has 5 heteroatoms. The molecule has 102 valence electrons. The molecule has 2 aromatic rings. The number of carbonyl (C=O) groups is 1. The van der Waals surface area contributed by atoms with E-state index in [0.717, 1.165) is 17.3 Å². The molecule has 1 aromatic heterocycles. The minimum atomic E-state index is -0.839. The van der Waals surface area contributed by atoms with Crippen LogP contribution in [-0.2, 0) is 10.8 Å². The van der Waals surface area contributed by atoms with Gasteiger partial charge in [-0.15, -0.1) is 0 Å². The summed E-state index contributed by atoms with van der Waals surface area (Å²) in [5.41, 5.74) is 1.59. The molecule has 1 amide bonds. The predicted molar refractivity (Wildman–Crippen MR) is 78.8 cm³/mol. The average molecular weight is 278 g/mol. The molecule has 2 N–H and O–H groups in total. The van der Waals surface area contributed by atoms with Gasteiger partial charge in [0.2, 0.25) is 0 Å². The zero-order chi connectivity index (χ0) is 13.8. The van der Waals surface area contributed by atoms with Gasteiger partial charge in [0.1, 0.15) is 0 Å². The average Bonchev–Trinajstić information content (AvgIpc) is 2.85. The fourth-order valence-electron chi connectivity index (χ4n) is 1.85. The zero-order valence-electron chi connectivity index (χ0n) is 11.1. The van der Waals surface area contributed by atoms with E-state index in [2.05, 4.69) is 10.3 Å². The molecule has 0 saturated carbocycles. The maximum atomic E-state index is 12.0. The van der Waals surface area contributed by atoms with Crippen LogP contribution in [0.25, 0.3) is 10.9 Å². The quantitative estimate of drug-likeness (QED) is 0.879. The summed E-state index contributed by atoms with van der Waals surface area (Å²) in [6.45, 7) is 2.47. The van der Waals surface area contributed by atoms with Gasteiger partial charge in [0.05, 0.1) is 0 Å². The molecule has 0 aliphatic rings. The SMILES string of the molecule is CC(CCNC(=O)c1ccc2cc[nH]c2c1)S(C)=O. The number of hydrogen-bond donors (Lipinski definition) is 2. The van der Waals surface area contributed by atoms with Gasteiger partial charge in [-0.2, -0.15) is 0 Å². The van der Waals surface area contributed by atoms with E-state index < -0.39 is 10.8 Å². The van der Waals surface area contributed by atoms with Crippen LogP contribution in [0.3, 0.4) is 0 Å². The van der Waals surface area contributed by atoms with Crippen LogP contribution in [-0.4, -0.2) is 33.2 Å². The summed E-state index contributed by atoms with van der Waals surface area (Å²) in [6.07, 6.45) is 4.26. The number of carbonyl (C=O) groups excluding carboxylic acids is 1. The van der Waals surface area contributed by atoms with Crippen molar-refractivity contribution in [2.45, 2.75) is 18.6 Å². The van der Waals surface area contributed by atoms with E-state index in [4.69, 9.17) is 0 Å². The Morgan fingerprint density at radius 2 is 2.21 bits per heavy atom. The van der Waals surface area contributed by atoms with Crippen molar-refractivity contribution in [2.75, 3.05) is 12.8 Å². The van der Waals surface area contributed by atoms with Gasteiger partial charge < -0.3 is 10.3 Å². The van der Waals surface area contributed by atoms with Gasteiger partial charge in [-0.1, -0.05) is 13.0 Å². The second kappa shape index (κ2) is 6.02. The van der Waals surface area contributed by atoms with E-state index in [1.807, 2.05) is 37.4 Å². The Balaban J connectivity index is 1.94. The highest BCUT2D eigenvalue weighted by atomic mass is 32.2. The van der Waals surface area contributed by atoms with E-state index in [-0.39, 0.29) is 11.2 Å². The summed E-state index contributed by atoms with van der Waals surface area (Å²) >= 11 is 0. The Morgan fingerprint density at radius 1 is 1.42 bits per heavy atom. The summed E-state index contributed by atoms with van der Waals surface area (Å²) in [5.74, 6) is -0.0921. The molecular formula is C14H18N2O2S. The zero-order valence-corrected chi connectivity index (χ0v) is 11.9. The number of aromatic nitrogens is 1. The molecule has 2 atom stereocenters. The van der Waals surface area contributed by atoms with Crippen LogP contribution in [0.15, 0.2) is 30.5 Å². The lowest BCUT2D eigenvalue weighted by Crippen LogP contribution is -2.27. The molecule has 0 spiro atoms. The first-order chi connectivity index (χ1) is 9.08. The standard InChI is InChI=1S/C14H18N2O2S/c1-10(19(2)18)5-7-16-14(17)12-4-3-11-6-8-15-13(11)9-12/h3-4,6,8-10,15H,5,7H2,1-2H3,(H,16,17). The van der Waals surface area contributed by atoms with Crippen molar-refractivity contribution in [3.63, 3.8) is 0 Å². The Hall–Kier alpha value is -1.62. The van der Waals surface area contributed by atoms with Crippen LogP contribution in [0.4, 0.5) is 0 Å². The molecule has 0 bridgehead atoms. The summed E-state index contributed by atoms with van der Waals surface area (Å²) in [6, 6.07) is 7.54. The number of H-pyrrole nitrogens is 1. The van der Waals surface area contributed by atoms with Gasteiger partial charge in [-0.25, -0.2) is 0 Å². The molecule has 19 heavy (non-hydrogen) atoms. The Bertz CT molecular complexity index is 606. The van der Waals surface area contributed by atoms with Gasteiger partial charge in [0, 0.05) is 46.1 Å². The van der Waals surface area contributed by atoms with Crippen molar-refractivity contribution in [1.29, 1.82) is 0 Å². The number of aromatic amines is 1. The lowest BCUT2D eigenvalue weighted by molar-refractivity contribution is 0.0953. The van der Waals surface area contributed by atoms with Crippen LogP contribution in [0.5, 0.6) is 0 Å². The van der Waals surface area contributed by atoms with Crippen molar-refractivity contribution in [1.82, 2.24) is 10.3 Å². The maximum Gasteiger partial charge on any atom is 0.251 e. The van der Waals surface area contributed by atoms with Crippen LogP contribution in [0, 0.1) is 0 Å². The molecule has 0 saturated heterocycles. The molecule has 0 fully saturated rings. The Kier molecular flexibility index (Phi) is 4.37. The van der Waals surface area contributed by atoms with Gasteiger partial charge in [0.15, 0.2) is 0 Å². The minimum Gasteiger partial charge on any atom is -0.361 e. The molecule has 0 radical (unpaired) electrons. The fraction of sp³-hybridized carbons (Fsp3) is 0.357. The third-order valence-corrected chi connectivity index (χ3v) is 4.59. The van der Waals surface area contributed by atoms with Crippen molar-refractivity contribution < 1.29 is 9.00 Å². The van der Waals surface area contributed by atoms with Gasteiger partial charge in [0.25, 0.3) is 5.91 Å². The fourth-order valence-corrected chi connectivity index (χ4v) is 2.30.